The molecule has 3 aromatic rings. The van der Waals surface area contributed by atoms with Crippen LogP contribution in [0.3, 0.4) is 0 Å². The summed E-state index contributed by atoms with van der Waals surface area (Å²) >= 11 is 0. The normalized spacial score (nSPS) is 14.2. The summed E-state index contributed by atoms with van der Waals surface area (Å²) < 4.78 is 49.4. The van der Waals surface area contributed by atoms with Crippen LogP contribution >= 0.6 is 0 Å². The fourth-order valence-corrected chi connectivity index (χ4v) is 4.04. The number of hydrogen-bond donors (Lipinski definition) is 0. The summed E-state index contributed by atoms with van der Waals surface area (Å²) in [5, 5.41) is 10.2. The van der Waals surface area contributed by atoms with E-state index in [2.05, 4.69) is 11.1 Å². The minimum atomic E-state index is -4.43. The van der Waals surface area contributed by atoms with Crippen LogP contribution in [-0.4, -0.2) is 43.7 Å². The number of aryl methyl sites for hydroxylation is 1. The van der Waals surface area contributed by atoms with Gasteiger partial charge in [0.2, 0.25) is 5.71 Å². The molecule has 8 nitrogen and oxygen atoms in total. The molecule has 0 N–H and O–H groups in total. The van der Waals surface area contributed by atoms with Crippen molar-refractivity contribution in [1.29, 1.82) is 5.26 Å². The summed E-state index contributed by atoms with van der Waals surface area (Å²) in [6.07, 6.45) is -4.43. The molecule has 11 heteroatoms. The predicted octanol–water partition coefficient (Wildman–Crippen LogP) is 3.89. The number of ether oxygens (including phenoxy) is 1. The second-order valence-electron chi connectivity index (χ2n) is 7.96. The number of carbonyl (C=O) groups is 1. The minimum Gasteiger partial charge on any atom is -0.462 e. The monoisotopic (exact) mass is 486 g/mol. The maximum absolute atomic E-state index is 13.1. The highest BCUT2D eigenvalue weighted by Gasteiger charge is 2.31. The molecule has 0 amide bonds. The van der Waals surface area contributed by atoms with Crippen LogP contribution in [0.1, 0.15) is 34.0 Å². The van der Waals surface area contributed by atoms with Gasteiger partial charge in [-0.1, -0.05) is 6.07 Å². The van der Waals surface area contributed by atoms with Gasteiger partial charge in [-0.25, -0.2) is 9.59 Å². The number of nitriles is 1. The van der Waals surface area contributed by atoms with Gasteiger partial charge in [-0.2, -0.15) is 23.4 Å². The van der Waals surface area contributed by atoms with Crippen molar-refractivity contribution in [2.45, 2.75) is 20.0 Å². The molecular formula is C24H21F3N4O4. The maximum atomic E-state index is 13.1. The number of benzene rings is 1. The Hall–Kier alpha value is -4.07. The number of halogens is 3. The van der Waals surface area contributed by atoms with E-state index in [1.54, 1.807) is 19.9 Å². The molecule has 0 atom stereocenters. The van der Waals surface area contributed by atoms with E-state index in [1.165, 1.54) is 12.1 Å². The van der Waals surface area contributed by atoms with Gasteiger partial charge in [-0.3, -0.25) is 0 Å². The lowest BCUT2D eigenvalue weighted by atomic mass is 10.1. The summed E-state index contributed by atoms with van der Waals surface area (Å²) in [7, 11) is 0. The first-order valence-electron chi connectivity index (χ1n) is 10.9. The van der Waals surface area contributed by atoms with Crippen molar-refractivity contribution in [2.75, 3.05) is 42.6 Å². The van der Waals surface area contributed by atoms with Crippen LogP contribution in [-0.2, 0) is 10.9 Å². The maximum Gasteiger partial charge on any atom is 0.416 e. The third-order valence-electron chi connectivity index (χ3n) is 5.86. The van der Waals surface area contributed by atoms with Crippen molar-refractivity contribution in [2.24, 2.45) is 0 Å². The summed E-state index contributed by atoms with van der Waals surface area (Å²) in [5.74, 6) is -0.510. The molecule has 1 aliphatic rings. The van der Waals surface area contributed by atoms with Crippen LogP contribution in [0.2, 0.25) is 0 Å². The number of fused-ring (bicyclic) bond motifs is 1. The molecular weight excluding hydrogens is 465 g/mol. The molecule has 0 saturated carbocycles. The van der Waals surface area contributed by atoms with Crippen LogP contribution in [0.5, 0.6) is 0 Å². The first-order chi connectivity index (χ1) is 16.6. The molecule has 0 bridgehead atoms. The number of pyridine rings is 1. The highest BCUT2D eigenvalue weighted by atomic mass is 19.4. The second kappa shape index (κ2) is 9.29. The molecule has 1 fully saturated rings. The van der Waals surface area contributed by atoms with Gasteiger partial charge in [0.15, 0.2) is 5.82 Å². The molecule has 1 saturated heterocycles. The summed E-state index contributed by atoms with van der Waals surface area (Å²) in [4.78, 5) is 32.5. The predicted molar refractivity (Wildman–Crippen MR) is 122 cm³/mol. The first-order valence-corrected chi connectivity index (χ1v) is 10.9. The Labute approximate surface area is 198 Å². The Morgan fingerprint density at radius 1 is 1.20 bits per heavy atom. The molecule has 0 unspecified atom stereocenters. The topological polar surface area (TPSA) is 99.7 Å². The molecule has 0 aliphatic carbocycles. The number of alkyl halides is 3. The standard InChI is InChI=1S/C24H21F3N4O4/c1-3-34-22(32)18-12-17-14(2)19(13-28)20(29-21(17)35-23(18)33)31-9-7-30(8-10-31)16-6-4-5-15(11-16)24(25,26)27/h4-6,11-12H,3,7-10H2,1-2H3. The lowest BCUT2D eigenvalue weighted by Crippen LogP contribution is -2.47. The van der Waals surface area contributed by atoms with Crippen molar-refractivity contribution in [3.05, 3.63) is 63.0 Å². The van der Waals surface area contributed by atoms with E-state index in [0.29, 0.717) is 48.6 Å². The Morgan fingerprint density at radius 2 is 1.89 bits per heavy atom. The van der Waals surface area contributed by atoms with E-state index in [-0.39, 0.29) is 23.4 Å². The molecule has 35 heavy (non-hydrogen) atoms. The number of piperazine rings is 1. The highest BCUT2D eigenvalue weighted by Crippen LogP contribution is 2.33. The van der Waals surface area contributed by atoms with E-state index in [0.717, 1.165) is 12.1 Å². The van der Waals surface area contributed by atoms with Crippen LogP contribution in [0, 0.1) is 18.3 Å². The van der Waals surface area contributed by atoms with E-state index in [9.17, 15) is 28.0 Å². The number of rotatable bonds is 4. The molecule has 0 spiro atoms. The van der Waals surface area contributed by atoms with E-state index in [4.69, 9.17) is 9.15 Å². The molecule has 0 radical (unpaired) electrons. The van der Waals surface area contributed by atoms with E-state index < -0.39 is 23.3 Å². The Balaban J connectivity index is 1.64. The number of carbonyl (C=O) groups excluding carboxylic acids is 1. The number of nitrogens with zero attached hydrogens (tertiary/aromatic N) is 4. The number of hydrogen-bond acceptors (Lipinski definition) is 8. The first kappa shape index (κ1) is 24.1. The zero-order valence-corrected chi connectivity index (χ0v) is 19.0. The number of esters is 1. The van der Waals surface area contributed by atoms with Crippen molar-refractivity contribution < 1.29 is 27.1 Å². The number of anilines is 2. The molecule has 1 aliphatic heterocycles. The Bertz CT molecular complexity index is 1390. The minimum absolute atomic E-state index is 0.0187. The third kappa shape index (κ3) is 4.64. The average Bonchev–Trinajstić information content (AvgIpc) is 2.83. The van der Waals surface area contributed by atoms with Gasteiger partial charge in [0.05, 0.1) is 17.7 Å². The molecule has 3 heterocycles. The quantitative estimate of drug-likeness (QED) is 0.512. The highest BCUT2D eigenvalue weighted by molar-refractivity contribution is 5.94. The van der Waals surface area contributed by atoms with Crippen molar-refractivity contribution >= 4 is 28.6 Å². The van der Waals surface area contributed by atoms with Crippen molar-refractivity contribution in [1.82, 2.24) is 4.98 Å². The van der Waals surface area contributed by atoms with Crippen LogP contribution in [0.4, 0.5) is 24.7 Å². The van der Waals surface area contributed by atoms with Gasteiger partial charge in [-0.05, 0) is 43.7 Å². The second-order valence-corrected chi connectivity index (χ2v) is 7.96. The zero-order valence-electron chi connectivity index (χ0n) is 19.0. The fraction of sp³-hybridized carbons (Fsp3) is 0.333. The van der Waals surface area contributed by atoms with E-state index >= 15 is 0 Å². The summed E-state index contributed by atoms with van der Waals surface area (Å²) in [6.45, 7) is 4.93. The zero-order chi connectivity index (χ0) is 25.3. The molecule has 1 aromatic carbocycles. The lowest BCUT2D eigenvalue weighted by molar-refractivity contribution is -0.137. The van der Waals surface area contributed by atoms with Crippen molar-refractivity contribution in [3.63, 3.8) is 0 Å². The third-order valence-corrected chi connectivity index (χ3v) is 5.86. The SMILES string of the molecule is CCOC(=O)c1cc2c(C)c(C#N)c(N3CCN(c4cccc(C(F)(F)F)c4)CC3)nc2oc1=O. The van der Waals surface area contributed by atoms with Gasteiger partial charge in [0.1, 0.15) is 11.6 Å². The van der Waals surface area contributed by atoms with Crippen LogP contribution in [0.25, 0.3) is 11.1 Å². The Kier molecular flexibility index (Phi) is 6.39. The molecule has 182 valence electrons. The molecule has 4 rings (SSSR count). The fourth-order valence-electron chi connectivity index (χ4n) is 4.04. The van der Waals surface area contributed by atoms with Gasteiger partial charge >= 0.3 is 17.8 Å². The summed E-state index contributed by atoms with van der Waals surface area (Å²) in [6, 6.07) is 8.59. The summed E-state index contributed by atoms with van der Waals surface area (Å²) in [5.41, 5.74) is -0.706. The van der Waals surface area contributed by atoms with Gasteiger partial charge < -0.3 is 19.0 Å². The smallest absolute Gasteiger partial charge is 0.416 e. The molecule has 2 aromatic heterocycles. The van der Waals surface area contributed by atoms with Crippen LogP contribution in [0.15, 0.2) is 39.5 Å². The van der Waals surface area contributed by atoms with Gasteiger partial charge in [-0.15, -0.1) is 0 Å². The Morgan fingerprint density at radius 3 is 2.51 bits per heavy atom. The largest absolute Gasteiger partial charge is 0.462 e. The van der Waals surface area contributed by atoms with Gasteiger partial charge in [0, 0.05) is 37.3 Å². The van der Waals surface area contributed by atoms with Crippen LogP contribution < -0.4 is 15.4 Å². The number of aromatic nitrogens is 1. The van der Waals surface area contributed by atoms with Crippen molar-refractivity contribution in [3.8, 4) is 6.07 Å². The van der Waals surface area contributed by atoms with E-state index in [1.807, 2.05) is 9.80 Å². The lowest BCUT2D eigenvalue weighted by Gasteiger charge is -2.37. The van der Waals surface area contributed by atoms with Gasteiger partial charge in [0.25, 0.3) is 0 Å². The average molecular weight is 486 g/mol.